The van der Waals surface area contributed by atoms with Crippen molar-refractivity contribution in [2.45, 2.75) is 64.3 Å². The van der Waals surface area contributed by atoms with Gasteiger partial charge in [0.2, 0.25) is 0 Å². The monoisotopic (exact) mass is 372 g/mol. The van der Waals surface area contributed by atoms with Gasteiger partial charge in [-0.3, -0.25) is 19.4 Å². The van der Waals surface area contributed by atoms with E-state index in [9.17, 15) is 14.4 Å². The van der Waals surface area contributed by atoms with Crippen LogP contribution in [0.1, 0.15) is 58.4 Å². The van der Waals surface area contributed by atoms with Crippen molar-refractivity contribution in [1.82, 2.24) is 9.80 Å². The number of hydrogen-bond donors (Lipinski definition) is 0. The first kappa shape index (κ1) is 19.4. The maximum absolute atomic E-state index is 12.5. The third kappa shape index (κ3) is 4.15. The Hall–Kier alpha value is -2.37. The smallest absolute Gasteiger partial charge is 0.334 e. The molecule has 27 heavy (non-hydrogen) atoms. The molecule has 146 valence electrons. The van der Waals surface area contributed by atoms with Crippen molar-refractivity contribution in [3.8, 4) is 5.75 Å². The van der Waals surface area contributed by atoms with Crippen molar-refractivity contribution in [2.24, 2.45) is 0 Å². The van der Waals surface area contributed by atoms with Crippen LogP contribution in [0.3, 0.4) is 0 Å². The van der Waals surface area contributed by atoms with Gasteiger partial charge in [-0.05, 0) is 42.4 Å². The number of imide groups is 2. The minimum Gasteiger partial charge on any atom is -0.494 e. The van der Waals surface area contributed by atoms with Gasteiger partial charge < -0.3 is 4.74 Å². The summed E-state index contributed by atoms with van der Waals surface area (Å²) in [6, 6.07) is 7.36. The van der Waals surface area contributed by atoms with E-state index in [1.807, 2.05) is 24.3 Å². The molecule has 2 aliphatic rings. The third-order valence-corrected chi connectivity index (χ3v) is 5.29. The lowest BCUT2D eigenvalue weighted by Gasteiger charge is -2.21. The molecule has 0 bridgehead atoms. The quantitative estimate of drug-likeness (QED) is 0.436. The molecule has 1 saturated carbocycles. The zero-order chi connectivity index (χ0) is 19.6. The van der Waals surface area contributed by atoms with Crippen LogP contribution in [0, 0.1) is 0 Å². The average molecular weight is 372 g/mol. The molecule has 0 N–H and O–H groups in total. The van der Waals surface area contributed by atoms with Crippen molar-refractivity contribution in [3.63, 3.8) is 0 Å². The Kier molecular flexibility index (Phi) is 5.53. The number of hydrogen-bond acceptors (Lipinski definition) is 4. The first-order valence-corrected chi connectivity index (χ1v) is 9.71. The molecule has 0 radical (unpaired) electrons. The number of amides is 4. The minimum absolute atomic E-state index is 0.0900. The molecule has 1 aliphatic heterocycles. The van der Waals surface area contributed by atoms with Gasteiger partial charge in [-0.15, -0.1) is 0 Å². The summed E-state index contributed by atoms with van der Waals surface area (Å²) >= 11 is 0. The van der Waals surface area contributed by atoms with E-state index in [-0.39, 0.29) is 18.0 Å². The van der Waals surface area contributed by atoms with E-state index in [2.05, 4.69) is 20.8 Å². The number of carbonyl (C=O) groups excluding carboxylic acids is 3. The Bertz CT molecular complexity index is 715. The molecule has 1 aromatic carbocycles. The van der Waals surface area contributed by atoms with Gasteiger partial charge in [0.1, 0.15) is 5.75 Å². The fourth-order valence-electron chi connectivity index (χ4n) is 3.67. The number of urea groups is 1. The van der Waals surface area contributed by atoms with Crippen LogP contribution in [-0.2, 0) is 15.0 Å². The SMILES string of the molecule is CC(C)(C)c1ccc(OCCCN2C(=O)C(=O)N(C3CCCC3)C2=O)cc1. The van der Waals surface area contributed by atoms with Crippen LogP contribution >= 0.6 is 0 Å². The third-order valence-electron chi connectivity index (χ3n) is 5.29. The van der Waals surface area contributed by atoms with Crippen LogP contribution in [0.5, 0.6) is 5.75 Å². The Morgan fingerprint density at radius 3 is 2.22 bits per heavy atom. The normalized spacial score (nSPS) is 18.7. The number of benzene rings is 1. The highest BCUT2D eigenvalue weighted by molar-refractivity contribution is 6.44. The van der Waals surface area contributed by atoms with E-state index in [0.717, 1.165) is 36.3 Å². The van der Waals surface area contributed by atoms with E-state index >= 15 is 0 Å². The second kappa shape index (κ2) is 7.71. The standard InChI is InChI=1S/C21H28N2O4/c1-21(2,3)15-9-11-17(12-10-15)27-14-6-13-22-18(24)19(25)23(20(22)26)16-7-4-5-8-16/h9-12,16H,4-8,13-14H2,1-3H3. The van der Waals surface area contributed by atoms with E-state index in [1.165, 1.54) is 10.5 Å². The summed E-state index contributed by atoms with van der Waals surface area (Å²) in [5.41, 5.74) is 1.32. The lowest BCUT2D eigenvalue weighted by Crippen LogP contribution is -2.40. The second-order valence-corrected chi connectivity index (χ2v) is 8.33. The summed E-state index contributed by atoms with van der Waals surface area (Å²) < 4.78 is 5.71. The minimum atomic E-state index is -0.707. The van der Waals surface area contributed by atoms with Gasteiger partial charge in [0.15, 0.2) is 0 Å². The van der Waals surface area contributed by atoms with Gasteiger partial charge in [0.05, 0.1) is 6.61 Å². The highest BCUT2D eigenvalue weighted by atomic mass is 16.5. The van der Waals surface area contributed by atoms with Crippen LogP contribution in [0.4, 0.5) is 4.79 Å². The maximum Gasteiger partial charge on any atom is 0.334 e. The molecular formula is C21H28N2O4. The maximum atomic E-state index is 12.5. The predicted octanol–water partition coefficient (Wildman–Crippen LogP) is 3.49. The van der Waals surface area contributed by atoms with Gasteiger partial charge >= 0.3 is 17.8 Å². The number of ether oxygens (including phenoxy) is 1. The molecule has 0 spiro atoms. The molecule has 0 aromatic heterocycles. The molecular weight excluding hydrogens is 344 g/mol. The Balaban J connectivity index is 1.49. The van der Waals surface area contributed by atoms with Crippen molar-refractivity contribution < 1.29 is 19.1 Å². The molecule has 0 unspecified atom stereocenters. The highest BCUT2D eigenvalue weighted by Crippen LogP contribution is 2.28. The van der Waals surface area contributed by atoms with Crippen molar-refractivity contribution in [2.75, 3.05) is 13.2 Å². The summed E-state index contributed by atoms with van der Waals surface area (Å²) in [7, 11) is 0. The Labute approximate surface area is 160 Å². The fourth-order valence-corrected chi connectivity index (χ4v) is 3.67. The molecule has 1 aliphatic carbocycles. The summed E-state index contributed by atoms with van der Waals surface area (Å²) in [6.45, 7) is 7.05. The van der Waals surface area contributed by atoms with E-state index in [0.29, 0.717) is 13.0 Å². The first-order valence-electron chi connectivity index (χ1n) is 9.71. The summed E-state index contributed by atoms with van der Waals surface area (Å²) in [6.07, 6.45) is 4.08. The van der Waals surface area contributed by atoms with Crippen LogP contribution in [0.15, 0.2) is 24.3 Å². The number of carbonyl (C=O) groups is 3. The van der Waals surface area contributed by atoms with Gasteiger partial charge in [0.25, 0.3) is 0 Å². The van der Waals surface area contributed by atoms with Crippen molar-refractivity contribution in [3.05, 3.63) is 29.8 Å². The van der Waals surface area contributed by atoms with Crippen LogP contribution < -0.4 is 4.74 Å². The average Bonchev–Trinajstić information content (AvgIpc) is 3.21. The largest absolute Gasteiger partial charge is 0.494 e. The lowest BCUT2D eigenvalue weighted by molar-refractivity contribution is -0.144. The summed E-state index contributed by atoms with van der Waals surface area (Å²) in [5, 5.41) is 0. The molecule has 1 saturated heterocycles. The van der Waals surface area contributed by atoms with E-state index in [4.69, 9.17) is 4.74 Å². The Morgan fingerprint density at radius 2 is 1.63 bits per heavy atom. The number of rotatable bonds is 6. The topological polar surface area (TPSA) is 66.9 Å². The zero-order valence-corrected chi connectivity index (χ0v) is 16.4. The molecule has 6 heteroatoms. The number of nitrogens with zero attached hydrogens (tertiary/aromatic N) is 2. The first-order chi connectivity index (χ1) is 12.8. The molecule has 1 heterocycles. The summed E-state index contributed by atoms with van der Waals surface area (Å²) in [5.74, 6) is -0.627. The van der Waals surface area contributed by atoms with Gasteiger partial charge in [-0.25, -0.2) is 4.79 Å². The lowest BCUT2D eigenvalue weighted by atomic mass is 9.87. The fraction of sp³-hybridized carbons (Fsp3) is 0.571. The second-order valence-electron chi connectivity index (χ2n) is 8.33. The van der Waals surface area contributed by atoms with Crippen molar-refractivity contribution in [1.29, 1.82) is 0 Å². The zero-order valence-electron chi connectivity index (χ0n) is 16.4. The van der Waals surface area contributed by atoms with Crippen LogP contribution in [0.25, 0.3) is 0 Å². The van der Waals surface area contributed by atoms with Crippen LogP contribution in [0.2, 0.25) is 0 Å². The molecule has 3 rings (SSSR count). The molecule has 0 atom stereocenters. The van der Waals surface area contributed by atoms with Crippen LogP contribution in [-0.4, -0.2) is 46.8 Å². The van der Waals surface area contributed by atoms with Crippen molar-refractivity contribution >= 4 is 17.8 Å². The van der Waals surface area contributed by atoms with Gasteiger partial charge in [0, 0.05) is 12.6 Å². The Morgan fingerprint density at radius 1 is 1.00 bits per heavy atom. The van der Waals surface area contributed by atoms with Gasteiger partial charge in [-0.2, -0.15) is 0 Å². The van der Waals surface area contributed by atoms with E-state index < -0.39 is 17.8 Å². The van der Waals surface area contributed by atoms with Gasteiger partial charge in [-0.1, -0.05) is 45.7 Å². The highest BCUT2D eigenvalue weighted by Gasteiger charge is 2.47. The molecule has 4 amide bonds. The molecule has 6 nitrogen and oxygen atoms in total. The summed E-state index contributed by atoms with van der Waals surface area (Å²) in [4.78, 5) is 39.0. The predicted molar refractivity (Wildman–Crippen MR) is 101 cm³/mol. The van der Waals surface area contributed by atoms with E-state index in [1.54, 1.807) is 0 Å². The molecule has 1 aromatic rings. The molecule has 2 fully saturated rings.